The van der Waals surface area contributed by atoms with Gasteiger partial charge in [0.2, 0.25) is 11.8 Å². The molecule has 8 heteroatoms. The molecular weight excluding hydrogens is 394 g/mol. The van der Waals surface area contributed by atoms with Gasteiger partial charge in [-0.15, -0.1) is 0 Å². The zero-order valence-electron chi connectivity index (χ0n) is 16.4. The number of hydrogen-bond donors (Lipinski definition) is 3. The molecular formula is C23H19N5O3. The first-order valence-corrected chi connectivity index (χ1v) is 9.74. The van der Waals surface area contributed by atoms with Gasteiger partial charge in [0.25, 0.3) is 0 Å². The molecule has 2 amide bonds. The maximum atomic E-state index is 11.7. The van der Waals surface area contributed by atoms with Crippen LogP contribution >= 0.6 is 0 Å². The molecule has 1 saturated carbocycles. The zero-order chi connectivity index (χ0) is 21.6. The molecule has 1 aliphatic rings. The highest BCUT2D eigenvalue weighted by Crippen LogP contribution is 2.59. The number of fused-ring (bicyclic) bond motifs is 1. The lowest BCUT2D eigenvalue weighted by atomic mass is 9.97. The van der Waals surface area contributed by atoms with Crippen molar-refractivity contribution in [2.24, 2.45) is 16.9 Å². The Hall–Kier alpha value is -4.20. The Labute approximate surface area is 177 Å². The molecule has 5 rings (SSSR count). The fourth-order valence-electron chi connectivity index (χ4n) is 4.03. The first kappa shape index (κ1) is 18.8. The standard InChI is InChI=1S/C23H19N5O3/c24-21(29)23(22(25)30)10-18(23)13-1-4-16(5-2-13)31-20-7-8-26-19-9-14(3-6-17(19)20)15-11-27-28-12-15/h1-9,11-12,18H,10H2,(H2,24,29)(H2,25,30)(H,27,28). The lowest BCUT2D eigenvalue weighted by molar-refractivity contribution is -0.133. The molecule has 0 aliphatic heterocycles. The van der Waals surface area contributed by atoms with Crippen LogP contribution in [0.3, 0.4) is 0 Å². The van der Waals surface area contributed by atoms with E-state index >= 15 is 0 Å². The molecule has 0 bridgehead atoms. The zero-order valence-corrected chi connectivity index (χ0v) is 16.4. The fourth-order valence-corrected chi connectivity index (χ4v) is 4.03. The van der Waals surface area contributed by atoms with E-state index in [1.165, 1.54) is 0 Å². The van der Waals surface area contributed by atoms with Crippen molar-refractivity contribution in [1.29, 1.82) is 0 Å². The number of nitrogens with one attached hydrogen (secondary N) is 1. The van der Waals surface area contributed by atoms with E-state index in [-0.39, 0.29) is 5.92 Å². The number of H-pyrrole nitrogens is 1. The highest BCUT2D eigenvalue weighted by molar-refractivity contribution is 6.08. The summed E-state index contributed by atoms with van der Waals surface area (Å²) < 4.78 is 6.08. The minimum Gasteiger partial charge on any atom is -0.457 e. The first-order chi connectivity index (χ1) is 15.0. The molecule has 154 valence electrons. The molecule has 2 heterocycles. The van der Waals surface area contributed by atoms with E-state index in [0.29, 0.717) is 17.9 Å². The Morgan fingerprint density at radius 2 is 1.81 bits per heavy atom. The maximum Gasteiger partial charge on any atom is 0.233 e. The molecule has 0 saturated heterocycles. The second-order valence-corrected chi connectivity index (χ2v) is 7.66. The average molecular weight is 413 g/mol. The van der Waals surface area contributed by atoms with Crippen LogP contribution in [-0.2, 0) is 9.59 Å². The summed E-state index contributed by atoms with van der Waals surface area (Å²) in [5.41, 5.74) is 13.2. The van der Waals surface area contributed by atoms with Gasteiger partial charge in [0.05, 0.1) is 11.7 Å². The Bertz CT molecular complexity index is 1280. The van der Waals surface area contributed by atoms with Gasteiger partial charge >= 0.3 is 0 Å². The Morgan fingerprint density at radius 1 is 1.03 bits per heavy atom. The number of benzene rings is 2. The van der Waals surface area contributed by atoms with Crippen LogP contribution in [-0.4, -0.2) is 27.0 Å². The molecule has 1 aliphatic carbocycles. The predicted octanol–water partition coefficient (Wildman–Crippen LogP) is 2.86. The fraction of sp³-hybridized carbons (Fsp3) is 0.130. The molecule has 1 unspecified atom stereocenters. The summed E-state index contributed by atoms with van der Waals surface area (Å²) in [4.78, 5) is 27.9. The molecule has 31 heavy (non-hydrogen) atoms. The van der Waals surface area contributed by atoms with Crippen LogP contribution in [0.5, 0.6) is 11.5 Å². The summed E-state index contributed by atoms with van der Waals surface area (Å²) in [5, 5.41) is 7.67. The lowest BCUT2D eigenvalue weighted by Gasteiger charge is -2.11. The van der Waals surface area contributed by atoms with Crippen LogP contribution in [0.4, 0.5) is 0 Å². The van der Waals surface area contributed by atoms with Crippen molar-refractivity contribution in [1.82, 2.24) is 15.2 Å². The molecule has 0 spiro atoms. The van der Waals surface area contributed by atoms with E-state index in [1.807, 2.05) is 36.5 Å². The van der Waals surface area contributed by atoms with Gasteiger partial charge in [-0.1, -0.05) is 18.2 Å². The van der Waals surface area contributed by atoms with Crippen molar-refractivity contribution in [3.05, 3.63) is 72.7 Å². The van der Waals surface area contributed by atoms with Crippen molar-refractivity contribution >= 4 is 22.7 Å². The van der Waals surface area contributed by atoms with E-state index in [2.05, 4.69) is 15.2 Å². The molecule has 2 aromatic heterocycles. The number of pyridine rings is 1. The number of rotatable bonds is 6. The van der Waals surface area contributed by atoms with Crippen LogP contribution in [0.25, 0.3) is 22.0 Å². The van der Waals surface area contributed by atoms with Gasteiger partial charge < -0.3 is 16.2 Å². The SMILES string of the molecule is NC(=O)C1(C(N)=O)CC1c1ccc(Oc2ccnc3cc(-c4cn[nH]c4)ccc23)cc1. The van der Waals surface area contributed by atoms with E-state index in [1.54, 1.807) is 30.6 Å². The number of aromatic amines is 1. The van der Waals surface area contributed by atoms with E-state index < -0.39 is 17.2 Å². The minimum atomic E-state index is -1.28. The van der Waals surface area contributed by atoms with Crippen LogP contribution in [0, 0.1) is 5.41 Å². The number of carbonyl (C=O) groups is 2. The van der Waals surface area contributed by atoms with E-state index in [0.717, 1.165) is 27.6 Å². The largest absolute Gasteiger partial charge is 0.457 e. The Morgan fingerprint density at radius 3 is 2.45 bits per heavy atom. The number of hydrogen-bond acceptors (Lipinski definition) is 5. The average Bonchev–Trinajstić information content (AvgIpc) is 3.31. The van der Waals surface area contributed by atoms with Gasteiger partial charge in [-0.05, 0) is 47.9 Å². The van der Waals surface area contributed by atoms with Crippen molar-refractivity contribution in [3.63, 3.8) is 0 Å². The third kappa shape index (κ3) is 3.09. The monoisotopic (exact) mass is 413 g/mol. The number of nitrogens with zero attached hydrogens (tertiary/aromatic N) is 2. The topological polar surface area (TPSA) is 137 Å². The summed E-state index contributed by atoms with van der Waals surface area (Å²) in [7, 11) is 0. The maximum absolute atomic E-state index is 11.7. The summed E-state index contributed by atoms with van der Waals surface area (Å²) >= 11 is 0. The predicted molar refractivity (Wildman–Crippen MR) is 114 cm³/mol. The van der Waals surface area contributed by atoms with Crippen LogP contribution < -0.4 is 16.2 Å². The number of ether oxygens (including phenoxy) is 1. The summed E-state index contributed by atoms with van der Waals surface area (Å²) in [6.07, 6.45) is 5.62. The van der Waals surface area contributed by atoms with Gasteiger partial charge in [0, 0.05) is 29.3 Å². The van der Waals surface area contributed by atoms with E-state index in [9.17, 15) is 9.59 Å². The minimum absolute atomic E-state index is 0.292. The van der Waals surface area contributed by atoms with Crippen molar-refractivity contribution in [3.8, 4) is 22.6 Å². The van der Waals surface area contributed by atoms with Gasteiger partial charge in [-0.25, -0.2) is 0 Å². The quantitative estimate of drug-likeness (QED) is 0.417. The highest BCUT2D eigenvalue weighted by Gasteiger charge is 2.64. The second kappa shape index (κ2) is 6.94. The van der Waals surface area contributed by atoms with Gasteiger partial charge in [0.1, 0.15) is 16.9 Å². The Balaban J connectivity index is 1.39. The van der Waals surface area contributed by atoms with Crippen molar-refractivity contribution < 1.29 is 14.3 Å². The number of amides is 2. The summed E-state index contributed by atoms with van der Waals surface area (Å²) in [6.45, 7) is 0. The van der Waals surface area contributed by atoms with Crippen molar-refractivity contribution in [2.75, 3.05) is 0 Å². The van der Waals surface area contributed by atoms with E-state index in [4.69, 9.17) is 16.2 Å². The normalized spacial score (nSPS) is 16.7. The molecule has 1 fully saturated rings. The first-order valence-electron chi connectivity index (χ1n) is 9.74. The molecule has 0 radical (unpaired) electrons. The number of primary amides is 2. The highest BCUT2D eigenvalue weighted by atomic mass is 16.5. The second-order valence-electron chi connectivity index (χ2n) is 7.66. The molecule has 8 nitrogen and oxygen atoms in total. The Kier molecular flexibility index (Phi) is 4.21. The smallest absolute Gasteiger partial charge is 0.233 e. The van der Waals surface area contributed by atoms with Gasteiger partial charge in [-0.2, -0.15) is 5.10 Å². The third-order valence-electron chi connectivity index (χ3n) is 5.88. The van der Waals surface area contributed by atoms with Crippen LogP contribution in [0.1, 0.15) is 17.9 Å². The molecule has 2 aromatic carbocycles. The number of aromatic nitrogens is 3. The molecule has 4 aromatic rings. The summed E-state index contributed by atoms with van der Waals surface area (Å²) in [6, 6.07) is 15.0. The van der Waals surface area contributed by atoms with Crippen LogP contribution in [0.2, 0.25) is 0 Å². The molecule has 1 atom stereocenters. The molecule has 5 N–H and O–H groups in total. The van der Waals surface area contributed by atoms with Gasteiger partial charge in [-0.3, -0.25) is 19.7 Å². The third-order valence-corrected chi connectivity index (χ3v) is 5.88. The lowest BCUT2D eigenvalue weighted by Crippen LogP contribution is -2.38. The van der Waals surface area contributed by atoms with Crippen molar-refractivity contribution in [2.45, 2.75) is 12.3 Å². The van der Waals surface area contributed by atoms with Gasteiger partial charge in [0.15, 0.2) is 0 Å². The van der Waals surface area contributed by atoms with Crippen LogP contribution in [0.15, 0.2) is 67.1 Å². The number of nitrogens with two attached hydrogens (primary N) is 2. The summed E-state index contributed by atoms with van der Waals surface area (Å²) in [5.74, 6) is -0.350. The number of carbonyl (C=O) groups excluding carboxylic acids is 2.